The molecule has 0 N–H and O–H groups in total. The van der Waals surface area contributed by atoms with E-state index in [1.165, 1.54) is 6.20 Å². The first-order valence-electron chi connectivity index (χ1n) is 9.89. The Kier molecular flexibility index (Phi) is 5.23. The van der Waals surface area contributed by atoms with Crippen molar-refractivity contribution in [1.82, 2.24) is 15.0 Å². The molecule has 0 unspecified atom stereocenters. The highest BCUT2D eigenvalue weighted by Crippen LogP contribution is 2.37. The van der Waals surface area contributed by atoms with Gasteiger partial charge in [-0.1, -0.05) is 0 Å². The molecule has 0 bridgehead atoms. The first kappa shape index (κ1) is 19.7. The molecule has 0 radical (unpaired) electrons. The second-order valence-electron chi connectivity index (χ2n) is 7.88. The molecule has 0 aromatic carbocycles. The van der Waals surface area contributed by atoms with E-state index in [9.17, 15) is 13.2 Å². The molecule has 0 spiro atoms. The lowest BCUT2D eigenvalue weighted by Gasteiger charge is -2.40. The molecule has 2 fully saturated rings. The Labute approximate surface area is 168 Å². The molecule has 2 aromatic rings. The third-order valence-corrected chi connectivity index (χ3v) is 5.56. The van der Waals surface area contributed by atoms with Gasteiger partial charge >= 0.3 is 6.18 Å². The van der Waals surface area contributed by atoms with Crippen molar-refractivity contribution in [2.75, 3.05) is 41.9 Å². The number of anilines is 3. The van der Waals surface area contributed by atoms with Crippen LogP contribution in [0.25, 0.3) is 0 Å². The van der Waals surface area contributed by atoms with Crippen LogP contribution < -0.4 is 14.7 Å². The quantitative estimate of drug-likeness (QED) is 0.756. The number of nitrogens with zero attached hydrogens (tertiary/aromatic N) is 6. The summed E-state index contributed by atoms with van der Waals surface area (Å²) < 4.78 is 38.9. The topological polar surface area (TPSA) is 48.4 Å². The predicted molar refractivity (Wildman–Crippen MR) is 106 cm³/mol. The zero-order valence-corrected chi connectivity index (χ0v) is 16.6. The molecule has 2 aliphatic rings. The molecule has 1 aliphatic carbocycles. The van der Waals surface area contributed by atoms with Gasteiger partial charge < -0.3 is 14.7 Å². The van der Waals surface area contributed by atoms with Crippen LogP contribution >= 0.6 is 0 Å². The van der Waals surface area contributed by atoms with Gasteiger partial charge in [0.25, 0.3) is 0 Å². The summed E-state index contributed by atoms with van der Waals surface area (Å²) in [6, 6.07) is 5.64. The van der Waals surface area contributed by atoms with Crippen LogP contribution in [-0.2, 0) is 6.18 Å². The number of hydrogen-bond donors (Lipinski definition) is 0. The highest BCUT2D eigenvalue weighted by molar-refractivity contribution is 5.52. The molecule has 1 saturated heterocycles. The van der Waals surface area contributed by atoms with Crippen molar-refractivity contribution in [3.8, 4) is 0 Å². The number of alkyl halides is 3. The van der Waals surface area contributed by atoms with Crippen LogP contribution in [0, 0.1) is 0 Å². The van der Waals surface area contributed by atoms with Gasteiger partial charge in [-0.25, -0.2) is 9.97 Å². The zero-order chi connectivity index (χ0) is 20.6. The molecule has 3 heterocycles. The molecular formula is C20H25F3N6. The fourth-order valence-corrected chi connectivity index (χ4v) is 3.92. The summed E-state index contributed by atoms with van der Waals surface area (Å²) in [5.74, 6) is 1.81. The van der Waals surface area contributed by atoms with Crippen LogP contribution in [0.4, 0.5) is 30.5 Å². The summed E-state index contributed by atoms with van der Waals surface area (Å²) in [4.78, 5) is 18.7. The molecule has 156 valence electrons. The van der Waals surface area contributed by atoms with Crippen LogP contribution in [0.5, 0.6) is 0 Å². The predicted octanol–water partition coefficient (Wildman–Crippen LogP) is 3.59. The van der Waals surface area contributed by atoms with Crippen molar-refractivity contribution in [3.05, 3.63) is 36.4 Å². The maximum Gasteiger partial charge on any atom is 0.433 e. The van der Waals surface area contributed by atoms with Crippen molar-refractivity contribution >= 4 is 17.3 Å². The number of pyridine rings is 1. The molecular weight excluding hydrogens is 381 g/mol. The third-order valence-electron chi connectivity index (χ3n) is 5.56. The summed E-state index contributed by atoms with van der Waals surface area (Å²) in [7, 11) is 3.91. The molecule has 0 amide bonds. The minimum absolute atomic E-state index is 0.326. The maximum absolute atomic E-state index is 13.0. The fraction of sp³-hybridized carbons (Fsp3) is 0.550. The number of hydrogen-bond acceptors (Lipinski definition) is 6. The van der Waals surface area contributed by atoms with Gasteiger partial charge in [0, 0.05) is 57.2 Å². The second-order valence-corrected chi connectivity index (χ2v) is 7.88. The fourth-order valence-electron chi connectivity index (χ4n) is 3.92. The minimum Gasteiger partial charge on any atom is -0.371 e. The van der Waals surface area contributed by atoms with Crippen LogP contribution in [0.15, 0.2) is 30.7 Å². The van der Waals surface area contributed by atoms with Crippen LogP contribution in [0.2, 0.25) is 0 Å². The SMILES string of the molecule is CN(C)c1cc(N(C2CC2)C2CCN(c3ccnc(C(F)(F)F)c3)CC2)ncn1. The van der Waals surface area contributed by atoms with Gasteiger partial charge in [0.1, 0.15) is 23.7 Å². The van der Waals surface area contributed by atoms with Crippen LogP contribution in [0.1, 0.15) is 31.4 Å². The minimum atomic E-state index is -4.42. The van der Waals surface area contributed by atoms with Gasteiger partial charge in [0.15, 0.2) is 0 Å². The normalized spacial score (nSPS) is 18.0. The average molecular weight is 406 g/mol. The van der Waals surface area contributed by atoms with E-state index in [1.54, 1.807) is 12.4 Å². The monoisotopic (exact) mass is 406 g/mol. The highest BCUT2D eigenvalue weighted by Gasteiger charge is 2.37. The summed E-state index contributed by atoms with van der Waals surface area (Å²) in [5.41, 5.74) is -0.255. The lowest BCUT2D eigenvalue weighted by atomic mass is 10.0. The van der Waals surface area contributed by atoms with Crippen molar-refractivity contribution in [3.63, 3.8) is 0 Å². The van der Waals surface area contributed by atoms with Gasteiger partial charge in [-0.05, 0) is 37.8 Å². The van der Waals surface area contributed by atoms with E-state index in [2.05, 4.69) is 19.9 Å². The van der Waals surface area contributed by atoms with E-state index in [1.807, 2.05) is 30.0 Å². The van der Waals surface area contributed by atoms with Crippen molar-refractivity contribution in [1.29, 1.82) is 0 Å². The van der Waals surface area contributed by atoms with Gasteiger partial charge in [0.2, 0.25) is 0 Å². The third kappa shape index (κ3) is 4.38. The van der Waals surface area contributed by atoms with Crippen LogP contribution in [-0.4, -0.2) is 54.2 Å². The maximum atomic E-state index is 13.0. The number of piperidine rings is 1. The van der Waals surface area contributed by atoms with E-state index in [-0.39, 0.29) is 0 Å². The molecule has 2 aromatic heterocycles. The largest absolute Gasteiger partial charge is 0.433 e. The van der Waals surface area contributed by atoms with E-state index < -0.39 is 11.9 Å². The van der Waals surface area contributed by atoms with Gasteiger partial charge in [-0.3, -0.25) is 4.98 Å². The van der Waals surface area contributed by atoms with Gasteiger partial charge in [-0.15, -0.1) is 0 Å². The molecule has 6 nitrogen and oxygen atoms in total. The van der Waals surface area contributed by atoms with Gasteiger partial charge in [0.05, 0.1) is 0 Å². The summed E-state index contributed by atoms with van der Waals surface area (Å²) in [5, 5.41) is 0. The van der Waals surface area contributed by atoms with Gasteiger partial charge in [-0.2, -0.15) is 13.2 Å². The number of halogens is 3. The van der Waals surface area contributed by atoms with Crippen molar-refractivity contribution in [2.45, 2.75) is 43.9 Å². The number of rotatable bonds is 5. The van der Waals surface area contributed by atoms with Crippen molar-refractivity contribution < 1.29 is 13.2 Å². The molecule has 29 heavy (non-hydrogen) atoms. The first-order chi connectivity index (χ1) is 13.8. The van der Waals surface area contributed by atoms with E-state index in [0.717, 1.165) is 43.4 Å². The lowest BCUT2D eigenvalue weighted by molar-refractivity contribution is -0.141. The highest BCUT2D eigenvalue weighted by atomic mass is 19.4. The Morgan fingerprint density at radius 1 is 0.931 bits per heavy atom. The Bertz CT molecular complexity index is 844. The first-order valence-corrected chi connectivity index (χ1v) is 9.89. The number of aromatic nitrogens is 3. The average Bonchev–Trinajstić information content (AvgIpc) is 3.53. The molecule has 1 aliphatic heterocycles. The smallest absolute Gasteiger partial charge is 0.371 e. The van der Waals surface area contributed by atoms with E-state index in [4.69, 9.17) is 0 Å². The van der Waals surface area contributed by atoms with Crippen molar-refractivity contribution in [2.24, 2.45) is 0 Å². The van der Waals surface area contributed by atoms with E-state index in [0.29, 0.717) is 30.9 Å². The summed E-state index contributed by atoms with van der Waals surface area (Å²) in [6.07, 6.45) is 2.48. The summed E-state index contributed by atoms with van der Waals surface area (Å²) >= 11 is 0. The summed E-state index contributed by atoms with van der Waals surface area (Å²) in [6.45, 7) is 1.42. The van der Waals surface area contributed by atoms with E-state index >= 15 is 0 Å². The lowest BCUT2D eigenvalue weighted by Crippen LogP contribution is -2.46. The second kappa shape index (κ2) is 7.68. The van der Waals surface area contributed by atoms with Crippen LogP contribution in [0.3, 0.4) is 0 Å². The molecule has 4 rings (SSSR count). The molecule has 9 heteroatoms. The Balaban J connectivity index is 1.48. The zero-order valence-electron chi connectivity index (χ0n) is 16.6. The molecule has 1 saturated carbocycles. The Morgan fingerprint density at radius 3 is 2.21 bits per heavy atom. The standard InChI is InChI=1S/C20H25F3N6/c1-27(2)18-12-19(26-13-25-18)29(14-3-4-14)15-6-9-28(10-7-15)16-5-8-24-17(11-16)20(21,22)23/h5,8,11-15H,3-4,6-7,9-10H2,1-2H3. The Morgan fingerprint density at radius 2 is 1.59 bits per heavy atom. The Hall–Kier alpha value is -2.58. The molecule has 0 atom stereocenters.